The molecule has 94 valence electrons. The minimum atomic E-state index is 0.711. The second kappa shape index (κ2) is 4.32. The summed E-state index contributed by atoms with van der Waals surface area (Å²) in [6, 6.07) is 6.04. The third kappa shape index (κ3) is 1.99. The number of hydrogen-bond acceptors (Lipinski definition) is 2. The Morgan fingerprint density at radius 2 is 2.17 bits per heavy atom. The first-order valence-corrected chi connectivity index (χ1v) is 6.46. The quantitative estimate of drug-likeness (QED) is 0.831. The summed E-state index contributed by atoms with van der Waals surface area (Å²) in [7, 11) is 0. The zero-order valence-corrected chi connectivity index (χ0v) is 11.3. The number of hydrogen-bond donors (Lipinski definition) is 0. The summed E-state index contributed by atoms with van der Waals surface area (Å²) in [4.78, 5) is 0. The minimum absolute atomic E-state index is 0.711. The summed E-state index contributed by atoms with van der Waals surface area (Å²) >= 11 is 6.15. The second-order valence-electron chi connectivity index (χ2n) is 4.74. The Hall–Kier alpha value is -1.48. The summed E-state index contributed by atoms with van der Waals surface area (Å²) in [5.41, 5.74) is 4.51. The van der Waals surface area contributed by atoms with Crippen molar-refractivity contribution in [2.24, 2.45) is 0 Å². The van der Waals surface area contributed by atoms with E-state index in [2.05, 4.69) is 18.1 Å². The first-order valence-electron chi connectivity index (χ1n) is 6.08. The van der Waals surface area contributed by atoms with Crippen LogP contribution >= 0.6 is 11.6 Å². The van der Waals surface area contributed by atoms with Crippen LogP contribution in [0.1, 0.15) is 22.5 Å². The third-order valence-electron chi connectivity index (χ3n) is 3.25. The van der Waals surface area contributed by atoms with Crippen molar-refractivity contribution >= 4 is 11.6 Å². The van der Waals surface area contributed by atoms with Crippen molar-refractivity contribution < 1.29 is 4.74 Å². The van der Waals surface area contributed by atoms with Gasteiger partial charge in [-0.3, -0.25) is 4.68 Å². The van der Waals surface area contributed by atoms with Crippen LogP contribution in [0.3, 0.4) is 0 Å². The number of nitrogens with zero attached hydrogens (tertiary/aromatic N) is 2. The normalized spacial score (nSPS) is 13.5. The lowest BCUT2D eigenvalue weighted by Crippen LogP contribution is -2.05. The first-order chi connectivity index (χ1) is 8.63. The fourth-order valence-corrected chi connectivity index (χ4v) is 2.72. The Kier molecular flexibility index (Phi) is 2.78. The number of ether oxygens (including phenoxy) is 1. The van der Waals surface area contributed by atoms with Crippen LogP contribution in [0, 0.1) is 13.8 Å². The monoisotopic (exact) mass is 262 g/mol. The van der Waals surface area contributed by atoms with E-state index >= 15 is 0 Å². The first kappa shape index (κ1) is 11.6. The fourth-order valence-electron chi connectivity index (χ4n) is 2.46. The molecule has 18 heavy (non-hydrogen) atoms. The maximum absolute atomic E-state index is 6.15. The van der Waals surface area contributed by atoms with E-state index in [0.29, 0.717) is 6.54 Å². The predicted molar refractivity (Wildman–Crippen MR) is 71.5 cm³/mol. The van der Waals surface area contributed by atoms with Crippen molar-refractivity contribution in [2.75, 3.05) is 6.61 Å². The summed E-state index contributed by atoms with van der Waals surface area (Å²) in [5.74, 6) is 0.993. The highest BCUT2D eigenvalue weighted by Gasteiger charge is 2.18. The number of benzene rings is 1. The van der Waals surface area contributed by atoms with Crippen molar-refractivity contribution in [1.29, 1.82) is 0 Å². The van der Waals surface area contributed by atoms with Gasteiger partial charge in [0.25, 0.3) is 0 Å². The lowest BCUT2D eigenvalue weighted by Gasteiger charge is -2.10. The van der Waals surface area contributed by atoms with Gasteiger partial charge in [-0.15, -0.1) is 0 Å². The van der Waals surface area contributed by atoms with Crippen LogP contribution in [-0.2, 0) is 13.0 Å². The zero-order valence-electron chi connectivity index (χ0n) is 10.5. The summed E-state index contributed by atoms with van der Waals surface area (Å²) in [6.45, 7) is 5.52. The van der Waals surface area contributed by atoms with Gasteiger partial charge in [-0.05, 0) is 37.6 Å². The molecule has 3 nitrogen and oxygen atoms in total. The number of fused-ring (bicyclic) bond motifs is 1. The van der Waals surface area contributed by atoms with Gasteiger partial charge in [0.15, 0.2) is 0 Å². The van der Waals surface area contributed by atoms with E-state index in [1.807, 2.05) is 23.7 Å². The molecule has 4 heteroatoms. The molecule has 2 heterocycles. The highest BCUT2D eigenvalue weighted by Crippen LogP contribution is 2.33. The molecule has 0 spiro atoms. The number of aryl methyl sites for hydroxylation is 2. The average molecular weight is 263 g/mol. The smallest absolute Gasteiger partial charge is 0.127 e. The molecule has 0 saturated heterocycles. The van der Waals surface area contributed by atoms with Crippen LogP contribution in [0.15, 0.2) is 18.2 Å². The van der Waals surface area contributed by atoms with Crippen LogP contribution in [-0.4, -0.2) is 16.4 Å². The molecule has 1 aliphatic rings. The van der Waals surface area contributed by atoms with Crippen molar-refractivity contribution in [3.63, 3.8) is 0 Å². The van der Waals surface area contributed by atoms with Gasteiger partial charge in [0.05, 0.1) is 18.8 Å². The van der Waals surface area contributed by atoms with E-state index in [1.54, 1.807) is 0 Å². The summed E-state index contributed by atoms with van der Waals surface area (Å²) < 4.78 is 7.69. The molecule has 2 aromatic rings. The summed E-state index contributed by atoms with van der Waals surface area (Å²) in [5, 5.41) is 5.25. The molecule has 1 aliphatic heterocycles. The standard InChI is InChI=1S/C14H15ClN2O/c1-9-5-10(2)17(16-9)8-12-7-13(15)6-11-3-4-18-14(11)12/h5-7H,3-4,8H2,1-2H3. The summed E-state index contributed by atoms with van der Waals surface area (Å²) in [6.07, 6.45) is 0.944. The average Bonchev–Trinajstić information content (AvgIpc) is 2.86. The fraction of sp³-hybridized carbons (Fsp3) is 0.357. The molecule has 0 bridgehead atoms. The molecule has 0 N–H and O–H groups in total. The molecule has 0 fully saturated rings. The molecule has 0 unspecified atom stereocenters. The maximum atomic E-state index is 6.15. The lowest BCUT2D eigenvalue weighted by atomic mass is 10.1. The van der Waals surface area contributed by atoms with E-state index in [4.69, 9.17) is 16.3 Å². The largest absolute Gasteiger partial charge is 0.493 e. The van der Waals surface area contributed by atoms with Crippen molar-refractivity contribution in [1.82, 2.24) is 9.78 Å². The predicted octanol–water partition coefficient (Wildman–Crippen LogP) is 3.14. The molecule has 1 aromatic heterocycles. The van der Waals surface area contributed by atoms with Crippen molar-refractivity contribution in [3.05, 3.63) is 45.7 Å². The lowest BCUT2D eigenvalue weighted by molar-refractivity contribution is 0.352. The molecular weight excluding hydrogens is 248 g/mol. The highest BCUT2D eigenvalue weighted by atomic mass is 35.5. The Bertz CT molecular complexity index is 604. The van der Waals surface area contributed by atoms with Crippen LogP contribution in [0.5, 0.6) is 5.75 Å². The van der Waals surface area contributed by atoms with E-state index in [9.17, 15) is 0 Å². The van der Waals surface area contributed by atoms with Crippen LogP contribution < -0.4 is 4.74 Å². The van der Waals surface area contributed by atoms with Gasteiger partial charge in [0.2, 0.25) is 0 Å². The molecule has 0 atom stereocenters. The Morgan fingerprint density at radius 3 is 2.89 bits per heavy atom. The molecular formula is C14H15ClN2O. The van der Waals surface area contributed by atoms with Gasteiger partial charge >= 0.3 is 0 Å². The number of halogens is 1. The highest BCUT2D eigenvalue weighted by molar-refractivity contribution is 6.30. The van der Waals surface area contributed by atoms with E-state index in [1.165, 1.54) is 5.56 Å². The maximum Gasteiger partial charge on any atom is 0.127 e. The molecule has 0 saturated carbocycles. The Balaban J connectivity index is 2.00. The van der Waals surface area contributed by atoms with Gasteiger partial charge in [0.1, 0.15) is 5.75 Å². The van der Waals surface area contributed by atoms with Gasteiger partial charge in [0, 0.05) is 22.7 Å². The second-order valence-corrected chi connectivity index (χ2v) is 5.17. The number of rotatable bonds is 2. The van der Waals surface area contributed by atoms with Crippen molar-refractivity contribution in [2.45, 2.75) is 26.8 Å². The van der Waals surface area contributed by atoms with Gasteiger partial charge in [-0.1, -0.05) is 11.6 Å². The topological polar surface area (TPSA) is 27.1 Å². The Labute approximate surface area is 111 Å². The van der Waals surface area contributed by atoms with Gasteiger partial charge < -0.3 is 4.74 Å². The molecule has 3 rings (SSSR count). The molecule has 0 aliphatic carbocycles. The van der Waals surface area contributed by atoms with E-state index in [0.717, 1.165) is 40.8 Å². The molecule has 0 radical (unpaired) electrons. The molecule has 1 aromatic carbocycles. The van der Waals surface area contributed by atoms with Crippen LogP contribution in [0.2, 0.25) is 5.02 Å². The minimum Gasteiger partial charge on any atom is -0.493 e. The Morgan fingerprint density at radius 1 is 1.33 bits per heavy atom. The van der Waals surface area contributed by atoms with Crippen LogP contribution in [0.25, 0.3) is 0 Å². The van der Waals surface area contributed by atoms with Gasteiger partial charge in [-0.25, -0.2) is 0 Å². The van der Waals surface area contributed by atoms with E-state index in [-0.39, 0.29) is 0 Å². The SMILES string of the molecule is Cc1cc(C)n(Cc2cc(Cl)cc3c2OCC3)n1. The van der Waals surface area contributed by atoms with E-state index < -0.39 is 0 Å². The van der Waals surface area contributed by atoms with Crippen molar-refractivity contribution in [3.8, 4) is 5.75 Å². The third-order valence-corrected chi connectivity index (χ3v) is 3.47. The van der Waals surface area contributed by atoms with Gasteiger partial charge in [-0.2, -0.15) is 5.10 Å². The van der Waals surface area contributed by atoms with Crippen LogP contribution in [0.4, 0.5) is 0 Å². The molecule has 0 amide bonds. The zero-order chi connectivity index (χ0) is 12.7. The number of aromatic nitrogens is 2.